The van der Waals surface area contributed by atoms with E-state index in [1.807, 2.05) is 25.7 Å². The zero-order valence-corrected chi connectivity index (χ0v) is 10.5. The van der Waals surface area contributed by atoms with Crippen LogP contribution in [0.3, 0.4) is 0 Å². The Balaban J connectivity index is 2.38. The second kappa shape index (κ2) is 5.64. The third kappa shape index (κ3) is 4.49. The number of aliphatic hydroxyl groups excluding tert-OH is 1. The minimum Gasteiger partial charge on any atom is -0.459 e. The van der Waals surface area contributed by atoms with Crippen molar-refractivity contribution >= 4 is 5.97 Å². The molecule has 1 aliphatic rings. The predicted octanol–water partition coefficient (Wildman–Crippen LogP) is 1.17. The smallest absolute Gasteiger partial charge is 0.320 e. The van der Waals surface area contributed by atoms with Crippen LogP contribution in [-0.4, -0.2) is 47.3 Å². The SMILES string of the molecule is CC(C)(C)OC(=O)CN(CCO)C1CCC1. The van der Waals surface area contributed by atoms with Gasteiger partial charge < -0.3 is 9.84 Å². The van der Waals surface area contributed by atoms with Gasteiger partial charge in [-0.25, -0.2) is 0 Å². The van der Waals surface area contributed by atoms with E-state index in [4.69, 9.17) is 9.84 Å². The van der Waals surface area contributed by atoms with Crippen molar-refractivity contribution in [1.82, 2.24) is 4.90 Å². The van der Waals surface area contributed by atoms with Crippen molar-refractivity contribution in [2.45, 2.75) is 51.7 Å². The highest BCUT2D eigenvalue weighted by Crippen LogP contribution is 2.24. The van der Waals surface area contributed by atoms with E-state index in [9.17, 15) is 4.79 Å². The van der Waals surface area contributed by atoms with Crippen molar-refractivity contribution in [3.8, 4) is 0 Å². The molecule has 0 aromatic carbocycles. The van der Waals surface area contributed by atoms with Crippen molar-refractivity contribution in [1.29, 1.82) is 0 Å². The highest BCUT2D eigenvalue weighted by Gasteiger charge is 2.27. The zero-order chi connectivity index (χ0) is 12.2. The van der Waals surface area contributed by atoms with Crippen LogP contribution in [0, 0.1) is 0 Å². The number of esters is 1. The van der Waals surface area contributed by atoms with E-state index >= 15 is 0 Å². The van der Waals surface area contributed by atoms with E-state index in [1.54, 1.807) is 0 Å². The molecule has 0 unspecified atom stereocenters. The number of rotatable bonds is 5. The molecule has 0 bridgehead atoms. The lowest BCUT2D eigenvalue weighted by molar-refractivity contribution is -0.157. The van der Waals surface area contributed by atoms with Gasteiger partial charge in [0.2, 0.25) is 0 Å². The molecule has 0 spiro atoms. The van der Waals surface area contributed by atoms with Crippen LogP contribution in [0.1, 0.15) is 40.0 Å². The quantitative estimate of drug-likeness (QED) is 0.719. The summed E-state index contributed by atoms with van der Waals surface area (Å²) < 4.78 is 5.27. The summed E-state index contributed by atoms with van der Waals surface area (Å²) in [6.07, 6.45) is 3.48. The standard InChI is InChI=1S/C12H23NO3/c1-12(2,3)16-11(15)9-13(7-8-14)10-5-4-6-10/h10,14H,4-9H2,1-3H3. The minimum absolute atomic E-state index is 0.0965. The summed E-state index contributed by atoms with van der Waals surface area (Å²) in [4.78, 5) is 13.7. The maximum Gasteiger partial charge on any atom is 0.320 e. The van der Waals surface area contributed by atoms with Crippen molar-refractivity contribution in [2.24, 2.45) is 0 Å². The molecule has 1 aliphatic carbocycles. The van der Waals surface area contributed by atoms with Crippen LogP contribution in [0.15, 0.2) is 0 Å². The maximum absolute atomic E-state index is 11.6. The molecule has 4 nitrogen and oxygen atoms in total. The van der Waals surface area contributed by atoms with Crippen molar-refractivity contribution in [3.63, 3.8) is 0 Å². The van der Waals surface area contributed by atoms with Gasteiger partial charge in [0.15, 0.2) is 0 Å². The molecule has 0 radical (unpaired) electrons. The molecule has 0 saturated heterocycles. The fourth-order valence-corrected chi connectivity index (χ4v) is 1.81. The average Bonchev–Trinajstić information content (AvgIpc) is 1.96. The van der Waals surface area contributed by atoms with Gasteiger partial charge in [-0.1, -0.05) is 6.42 Å². The summed E-state index contributed by atoms with van der Waals surface area (Å²) in [5.74, 6) is -0.201. The molecule has 0 heterocycles. The first-order valence-corrected chi connectivity index (χ1v) is 5.99. The molecule has 0 aliphatic heterocycles. The molecule has 0 amide bonds. The van der Waals surface area contributed by atoms with Crippen LogP contribution in [0.2, 0.25) is 0 Å². The van der Waals surface area contributed by atoms with E-state index in [0.29, 0.717) is 19.1 Å². The fraction of sp³-hybridized carbons (Fsp3) is 0.917. The molecule has 1 rings (SSSR count). The second-order valence-electron chi connectivity index (χ2n) is 5.37. The van der Waals surface area contributed by atoms with Crippen LogP contribution < -0.4 is 0 Å². The summed E-state index contributed by atoms with van der Waals surface area (Å²) in [7, 11) is 0. The molecule has 16 heavy (non-hydrogen) atoms. The van der Waals surface area contributed by atoms with E-state index in [2.05, 4.69) is 0 Å². The van der Waals surface area contributed by atoms with Crippen molar-refractivity contribution in [2.75, 3.05) is 19.7 Å². The number of nitrogens with zero attached hydrogens (tertiary/aromatic N) is 1. The molecule has 1 N–H and O–H groups in total. The third-order valence-electron chi connectivity index (χ3n) is 2.73. The number of carbonyl (C=O) groups is 1. The Labute approximate surface area is 97.6 Å². The van der Waals surface area contributed by atoms with Crippen LogP contribution in [0.5, 0.6) is 0 Å². The van der Waals surface area contributed by atoms with Gasteiger partial charge in [-0.3, -0.25) is 9.69 Å². The molecule has 1 fully saturated rings. The first kappa shape index (κ1) is 13.5. The number of aliphatic hydroxyl groups is 1. The predicted molar refractivity (Wildman–Crippen MR) is 62.1 cm³/mol. The van der Waals surface area contributed by atoms with Crippen LogP contribution in [0.4, 0.5) is 0 Å². The van der Waals surface area contributed by atoms with Gasteiger partial charge in [-0.2, -0.15) is 0 Å². The maximum atomic E-state index is 11.6. The highest BCUT2D eigenvalue weighted by molar-refractivity contribution is 5.72. The van der Waals surface area contributed by atoms with Gasteiger partial charge in [-0.15, -0.1) is 0 Å². The molecule has 0 aromatic rings. The third-order valence-corrected chi connectivity index (χ3v) is 2.73. The Morgan fingerprint density at radius 3 is 2.44 bits per heavy atom. The molecule has 1 saturated carbocycles. The van der Waals surface area contributed by atoms with Crippen LogP contribution in [-0.2, 0) is 9.53 Å². The van der Waals surface area contributed by atoms with Crippen LogP contribution in [0.25, 0.3) is 0 Å². The first-order chi connectivity index (χ1) is 7.42. The second-order valence-corrected chi connectivity index (χ2v) is 5.37. The van der Waals surface area contributed by atoms with Gasteiger partial charge >= 0.3 is 5.97 Å². The summed E-state index contributed by atoms with van der Waals surface area (Å²) in [6, 6.07) is 0.458. The van der Waals surface area contributed by atoms with Crippen molar-refractivity contribution < 1.29 is 14.6 Å². The van der Waals surface area contributed by atoms with E-state index < -0.39 is 5.60 Å². The van der Waals surface area contributed by atoms with Crippen molar-refractivity contribution in [3.05, 3.63) is 0 Å². The summed E-state index contributed by atoms with van der Waals surface area (Å²) in [5, 5.41) is 8.96. The molecular formula is C12H23NO3. The van der Waals surface area contributed by atoms with Gasteiger partial charge in [0.25, 0.3) is 0 Å². The first-order valence-electron chi connectivity index (χ1n) is 5.99. The average molecular weight is 229 g/mol. The molecular weight excluding hydrogens is 206 g/mol. The summed E-state index contributed by atoms with van der Waals surface area (Å²) in [6.45, 7) is 6.55. The lowest BCUT2D eigenvalue weighted by Gasteiger charge is -2.37. The number of ether oxygens (including phenoxy) is 1. The van der Waals surface area contributed by atoms with E-state index in [-0.39, 0.29) is 12.6 Å². The van der Waals surface area contributed by atoms with Gasteiger partial charge in [0.05, 0.1) is 13.2 Å². The lowest BCUT2D eigenvalue weighted by atomic mass is 9.91. The lowest BCUT2D eigenvalue weighted by Crippen LogP contribution is -2.45. The van der Waals surface area contributed by atoms with Gasteiger partial charge in [0.1, 0.15) is 5.60 Å². The Morgan fingerprint density at radius 2 is 2.06 bits per heavy atom. The number of carbonyl (C=O) groups excluding carboxylic acids is 1. The molecule has 0 atom stereocenters. The normalized spacial score (nSPS) is 17.3. The minimum atomic E-state index is -0.429. The molecule has 0 aromatic heterocycles. The van der Waals surface area contributed by atoms with Gasteiger partial charge in [0, 0.05) is 12.6 Å². The number of hydrogen-bond acceptors (Lipinski definition) is 4. The van der Waals surface area contributed by atoms with Crippen LogP contribution >= 0.6 is 0 Å². The summed E-state index contributed by atoms with van der Waals surface area (Å²) in [5.41, 5.74) is -0.429. The Bertz CT molecular complexity index is 231. The largest absolute Gasteiger partial charge is 0.459 e. The topological polar surface area (TPSA) is 49.8 Å². The Kier molecular flexibility index (Phi) is 4.74. The number of hydrogen-bond donors (Lipinski definition) is 1. The molecule has 4 heteroatoms. The summed E-state index contributed by atoms with van der Waals surface area (Å²) >= 11 is 0. The van der Waals surface area contributed by atoms with E-state index in [0.717, 1.165) is 12.8 Å². The Morgan fingerprint density at radius 1 is 1.44 bits per heavy atom. The molecule has 94 valence electrons. The zero-order valence-electron chi connectivity index (χ0n) is 10.5. The van der Waals surface area contributed by atoms with E-state index in [1.165, 1.54) is 6.42 Å². The monoisotopic (exact) mass is 229 g/mol. The van der Waals surface area contributed by atoms with Gasteiger partial charge in [-0.05, 0) is 33.6 Å². The highest BCUT2D eigenvalue weighted by atomic mass is 16.6. The Hall–Kier alpha value is -0.610. The fourth-order valence-electron chi connectivity index (χ4n) is 1.81.